The van der Waals surface area contributed by atoms with Crippen molar-refractivity contribution >= 4 is 15.7 Å². The molecule has 0 aliphatic rings. The third kappa shape index (κ3) is 4.31. The van der Waals surface area contributed by atoms with Crippen LogP contribution in [-0.4, -0.2) is 33.2 Å². The number of hydrogen-bond acceptors (Lipinski definition) is 4. The summed E-state index contributed by atoms with van der Waals surface area (Å²) in [5, 5.41) is 2.72. The van der Waals surface area contributed by atoms with E-state index in [4.69, 9.17) is 5.73 Å². The third-order valence-electron chi connectivity index (χ3n) is 2.95. The van der Waals surface area contributed by atoms with Crippen molar-refractivity contribution in [2.75, 3.05) is 18.8 Å². The fourth-order valence-corrected chi connectivity index (χ4v) is 3.29. The van der Waals surface area contributed by atoms with Crippen LogP contribution in [0, 0.1) is 5.92 Å². The van der Waals surface area contributed by atoms with Gasteiger partial charge in [-0.15, -0.1) is 0 Å². The van der Waals surface area contributed by atoms with Crippen LogP contribution in [0.3, 0.4) is 0 Å². The minimum atomic E-state index is -3.42. The Balaban J connectivity index is 2.99. The van der Waals surface area contributed by atoms with E-state index in [0.717, 1.165) is 0 Å². The van der Waals surface area contributed by atoms with Crippen LogP contribution in [0.2, 0.25) is 0 Å². The van der Waals surface area contributed by atoms with Gasteiger partial charge in [0.05, 0.1) is 16.2 Å². The van der Waals surface area contributed by atoms with Crippen molar-refractivity contribution in [1.82, 2.24) is 5.32 Å². The van der Waals surface area contributed by atoms with Gasteiger partial charge < -0.3 is 11.1 Å². The predicted molar refractivity (Wildman–Crippen MR) is 79.3 cm³/mol. The first-order valence-corrected chi connectivity index (χ1v) is 8.37. The molecule has 0 fully saturated rings. The lowest BCUT2D eigenvalue weighted by atomic mass is 10.1. The van der Waals surface area contributed by atoms with Crippen LogP contribution in [0.15, 0.2) is 29.2 Å². The summed E-state index contributed by atoms with van der Waals surface area (Å²) in [7, 11) is -3.42. The topological polar surface area (TPSA) is 89.3 Å². The van der Waals surface area contributed by atoms with E-state index >= 15 is 0 Å². The second kappa shape index (κ2) is 7.40. The van der Waals surface area contributed by atoms with E-state index in [1.165, 1.54) is 12.1 Å². The van der Waals surface area contributed by atoms with Gasteiger partial charge in [0.15, 0.2) is 9.84 Å². The zero-order valence-electron chi connectivity index (χ0n) is 11.9. The first-order chi connectivity index (χ1) is 9.42. The zero-order valence-corrected chi connectivity index (χ0v) is 12.7. The van der Waals surface area contributed by atoms with Crippen LogP contribution in [-0.2, 0) is 9.84 Å². The third-order valence-corrected chi connectivity index (χ3v) is 4.92. The Hall–Kier alpha value is -1.40. The van der Waals surface area contributed by atoms with E-state index < -0.39 is 9.84 Å². The second-order valence-corrected chi connectivity index (χ2v) is 6.94. The van der Waals surface area contributed by atoms with Gasteiger partial charge in [-0.25, -0.2) is 8.42 Å². The second-order valence-electron chi connectivity index (χ2n) is 4.87. The standard InChI is InChI=1S/C14H22N2O3S/c1-3-8-20(18,19)13-7-5-4-6-12(13)14(17)16-10-11(2)9-15/h4-7,11H,3,8-10,15H2,1-2H3,(H,16,17). The highest BCUT2D eigenvalue weighted by Crippen LogP contribution is 2.17. The summed E-state index contributed by atoms with van der Waals surface area (Å²) >= 11 is 0. The number of hydrogen-bond donors (Lipinski definition) is 2. The van der Waals surface area contributed by atoms with Crippen molar-refractivity contribution in [2.45, 2.75) is 25.2 Å². The molecule has 5 nitrogen and oxygen atoms in total. The van der Waals surface area contributed by atoms with Crippen molar-refractivity contribution in [3.63, 3.8) is 0 Å². The number of nitrogens with two attached hydrogens (primary N) is 1. The number of nitrogens with one attached hydrogen (secondary N) is 1. The molecular weight excluding hydrogens is 276 g/mol. The summed E-state index contributed by atoms with van der Waals surface area (Å²) in [5.74, 6) is -0.185. The van der Waals surface area contributed by atoms with Crippen LogP contribution in [0.4, 0.5) is 0 Å². The molecule has 20 heavy (non-hydrogen) atoms. The fourth-order valence-electron chi connectivity index (χ4n) is 1.75. The number of carbonyl (C=O) groups is 1. The molecule has 0 aliphatic heterocycles. The summed E-state index contributed by atoms with van der Waals surface area (Å²) in [6.45, 7) is 4.61. The molecule has 1 atom stereocenters. The zero-order chi connectivity index (χ0) is 15.2. The lowest BCUT2D eigenvalue weighted by molar-refractivity contribution is 0.0945. The average Bonchev–Trinajstić information content (AvgIpc) is 2.44. The van der Waals surface area contributed by atoms with Gasteiger partial charge in [0, 0.05) is 6.54 Å². The molecule has 0 aliphatic carbocycles. The summed E-state index contributed by atoms with van der Waals surface area (Å²) in [5.41, 5.74) is 5.69. The van der Waals surface area contributed by atoms with Crippen LogP contribution in [0.5, 0.6) is 0 Å². The highest BCUT2D eigenvalue weighted by atomic mass is 32.2. The minimum absolute atomic E-state index is 0.0382. The van der Waals surface area contributed by atoms with E-state index in [-0.39, 0.29) is 28.0 Å². The van der Waals surface area contributed by atoms with Crippen LogP contribution >= 0.6 is 0 Å². The smallest absolute Gasteiger partial charge is 0.252 e. The molecule has 0 saturated carbocycles. The molecule has 1 aromatic carbocycles. The Morgan fingerprint density at radius 2 is 2.00 bits per heavy atom. The molecular formula is C14H22N2O3S. The summed E-state index contributed by atoms with van der Waals surface area (Å²) in [6, 6.07) is 6.30. The molecule has 0 spiro atoms. The van der Waals surface area contributed by atoms with Crippen molar-refractivity contribution in [3.8, 4) is 0 Å². The van der Waals surface area contributed by atoms with Gasteiger partial charge in [-0.3, -0.25) is 4.79 Å². The van der Waals surface area contributed by atoms with E-state index in [0.29, 0.717) is 19.5 Å². The first-order valence-electron chi connectivity index (χ1n) is 6.72. The molecule has 1 amide bonds. The Bertz CT molecular complexity index is 555. The average molecular weight is 298 g/mol. The minimum Gasteiger partial charge on any atom is -0.352 e. The highest BCUT2D eigenvalue weighted by Gasteiger charge is 2.21. The molecule has 0 saturated heterocycles. The van der Waals surface area contributed by atoms with Gasteiger partial charge in [0.2, 0.25) is 0 Å². The molecule has 6 heteroatoms. The van der Waals surface area contributed by atoms with Gasteiger partial charge in [-0.05, 0) is 31.0 Å². The first kappa shape index (κ1) is 16.7. The molecule has 0 radical (unpaired) electrons. The SMILES string of the molecule is CCCS(=O)(=O)c1ccccc1C(=O)NCC(C)CN. The summed E-state index contributed by atoms with van der Waals surface area (Å²) in [6.07, 6.45) is 0.516. The Morgan fingerprint density at radius 3 is 2.60 bits per heavy atom. The Labute approximate surface area is 120 Å². The van der Waals surface area contributed by atoms with Gasteiger partial charge in [-0.2, -0.15) is 0 Å². The molecule has 1 rings (SSSR count). The lowest BCUT2D eigenvalue weighted by Crippen LogP contribution is -2.32. The van der Waals surface area contributed by atoms with Crippen molar-refractivity contribution in [2.24, 2.45) is 11.7 Å². The maximum atomic E-state index is 12.2. The maximum absolute atomic E-state index is 12.2. The molecule has 0 bridgehead atoms. The largest absolute Gasteiger partial charge is 0.352 e. The van der Waals surface area contributed by atoms with Gasteiger partial charge in [0.25, 0.3) is 5.91 Å². The van der Waals surface area contributed by atoms with Gasteiger partial charge in [-0.1, -0.05) is 26.0 Å². The van der Waals surface area contributed by atoms with E-state index in [9.17, 15) is 13.2 Å². The van der Waals surface area contributed by atoms with E-state index in [1.54, 1.807) is 19.1 Å². The van der Waals surface area contributed by atoms with Crippen molar-refractivity contribution in [1.29, 1.82) is 0 Å². The fraction of sp³-hybridized carbons (Fsp3) is 0.500. The van der Waals surface area contributed by atoms with Gasteiger partial charge >= 0.3 is 0 Å². The number of amides is 1. The molecule has 3 N–H and O–H groups in total. The van der Waals surface area contributed by atoms with Crippen LogP contribution in [0.1, 0.15) is 30.6 Å². The number of benzene rings is 1. The van der Waals surface area contributed by atoms with Crippen LogP contribution < -0.4 is 11.1 Å². The highest BCUT2D eigenvalue weighted by molar-refractivity contribution is 7.91. The Kier molecular flexibility index (Phi) is 6.16. The van der Waals surface area contributed by atoms with E-state index in [1.807, 2.05) is 6.92 Å². The normalized spacial score (nSPS) is 12.9. The van der Waals surface area contributed by atoms with Crippen molar-refractivity contribution < 1.29 is 13.2 Å². The van der Waals surface area contributed by atoms with Gasteiger partial charge in [0.1, 0.15) is 0 Å². The van der Waals surface area contributed by atoms with Crippen LogP contribution in [0.25, 0.3) is 0 Å². The molecule has 0 heterocycles. The quantitative estimate of drug-likeness (QED) is 0.791. The molecule has 112 valence electrons. The Morgan fingerprint density at radius 1 is 1.35 bits per heavy atom. The summed E-state index contributed by atoms with van der Waals surface area (Å²) in [4.78, 5) is 12.2. The monoisotopic (exact) mass is 298 g/mol. The molecule has 1 unspecified atom stereocenters. The van der Waals surface area contributed by atoms with E-state index in [2.05, 4.69) is 5.32 Å². The number of rotatable bonds is 7. The lowest BCUT2D eigenvalue weighted by Gasteiger charge is -2.12. The molecule has 0 aromatic heterocycles. The predicted octanol–water partition coefficient (Wildman–Crippen LogP) is 1.19. The number of carbonyl (C=O) groups excluding carboxylic acids is 1. The molecule has 1 aromatic rings. The number of sulfone groups is 1. The summed E-state index contributed by atoms with van der Waals surface area (Å²) < 4.78 is 24.3. The maximum Gasteiger partial charge on any atom is 0.252 e. The van der Waals surface area contributed by atoms with Crippen molar-refractivity contribution in [3.05, 3.63) is 29.8 Å².